The number of rotatable bonds is 2. The zero-order chi connectivity index (χ0) is 25.3. The van der Waals surface area contributed by atoms with Crippen molar-refractivity contribution in [2.45, 2.75) is 20.8 Å². The third-order valence-electron chi connectivity index (χ3n) is 7.87. The summed E-state index contributed by atoms with van der Waals surface area (Å²) in [5, 5.41) is 3.40. The molecule has 178 valence electrons. The molecule has 0 unspecified atom stereocenters. The highest BCUT2D eigenvalue weighted by Crippen LogP contribution is 2.40. The number of pyridine rings is 1. The summed E-state index contributed by atoms with van der Waals surface area (Å²) in [7, 11) is 2.11. The van der Waals surface area contributed by atoms with Crippen LogP contribution in [0, 0.1) is 20.8 Å². The van der Waals surface area contributed by atoms with E-state index >= 15 is 0 Å². The van der Waals surface area contributed by atoms with Crippen molar-refractivity contribution in [3.8, 4) is 22.8 Å². The lowest BCUT2D eigenvalue weighted by atomic mass is 9.37. The molecule has 2 aromatic heterocycles. The summed E-state index contributed by atoms with van der Waals surface area (Å²) >= 11 is 0. The van der Waals surface area contributed by atoms with E-state index in [0.29, 0.717) is 0 Å². The van der Waals surface area contributed by atoms with Gasteiger partial charge in [0, 0.05) is 11.6 Å². The van der Waals surface area contributed by atoms with Gasteiger partial charge >= 0.3 is 0 Å². The lowest BCUT2D eigenvalue weighted by Gasteiger charge is -2.24. The first kappa shape index (κ1) is 21.9. The van der Waals surface area contributed by atoms with E-state index in [1.54, 1.807) is 0 Å². The van der Waals surface area contributed by atoms with Crippen LogP contribution in [0.5, 0.6) is 11.5 Å². The third kappa shape index (κ3) is 3.25. The Kier molecular flexibility index (Phi) is 4.81. The summed E-state index contributed by atoms with van der Waals surface area (Å²) in [6, 6.07) is 30.0. The van der Waals surface area contributed by atoms with Gasteiger partial charge in [0.2, 0.25) is 5.69 Å². The second-order valence-electron chi connectivity index (χ2n) is 10.2. The van der Waals surface area contributed by atoms with Crippen molar-refractivity contribution < 1.29 is 13.7 Å². The van der Waals surface area contributed by atoms with Crippen LogP contribution in [0.3, 0.4) is 0 Å². The molecule has 1 aliphatic heterocycles. The maximum Gasteiger partial charge on any atom is 0.297 e. The number of furan rings is 1. The van der Waals surface area contributed by atoms with Crippen LogP contribution in [0.15, 0.2) is 95.5 Å². The molecule has 0 spiro atoms. The van der Waals surface area contributed by atoms with E-state index in [-0.39, 0.29) is 6.71 Å². The van der Waals surface area contributed by atoms with E-state index in [0.717, 1.165) is 44.8 Å². The molecule has 0 atom stereocenters. The highest BCUT2D eigenvalue weighted by Gasteiger charge is 2.39. The Morgan fingerprint density at radius 3 is 2.35 bits per heavy atom. The van der Waals surface area contributed by atoms with E-state index < -0.39 is 0 Å². The fourth-order valence-corrected chi connectivity index (χ4v) is 5.87. The van der Waals surface area contributed by atoms with Crippen LogP contribution in [-0.2, 0) is 7.05 Å². The standard InChI is InChI=1S/C33H27BNO2/c1-20-14-16-26-31(29(20)27-18-21(2)22(3)19-35(27)4)37-33-32(26)36-28-17-15-23-10-8-9-13-25(23)30(28)34(33)24-11-6-5-7-12-24/h5-19H,1-4H3/q+1. The minimum atomic E-state index is -0.0693. The number of hydrogen-bond donors (Lipinski definition) is 0. The maximum atomic E-state index is 6.92. The van der Waals surface area contributed by atoms with E-state index in [4.69, 9.17) is 9.15 Å². The van der Waals surface area contributed by atoms with Crippen LogP contribution < -0.4 is 25.9 Å². The SMILES string of the molecule is Cc1cc(-c2c(C)ccc3c4c(oc23)B(c2ccccc2)c2c(ccc3ccccc23)O4)[n+](C)cc1C. The minimum Gasteiger partial charge on any atom is -0.465 e. The second-order valence-corrected chi connectivity index (χ2v) is 10.2. The fourth-order valence-electron chi connectivity index (χ4n) is 5.87. The van der Waals surface area contributed by atoms with E-state index in [2.05, 4.69) is 124 Å². The van der Waals surface area contributed by atoms with Gasteiger partial charge in [0.1, 0.15) is 18.5 Å². The Morgan fingerprint density at radius 2 is 1.51 bits per heavy atom. The Bertz CT molecular complexity index is 1850. The average Bonchev–Trinajstić information content (AvgIpc) is 3.28. The quantitative estimate of drug-likeness (QED) is 0.237. The van der Waals surface area contributed by atoms with Gasteiger partial charge in [0.25, 0.3) is 6.71 Å². The molecule has 0 N–H and O–H groups in total. The van der Waals surface area contributed by atoms with Crippen molar-refractivity contribution in [2.75, 3.05) is 0 Å². The molecule has 0 aliphatic carbocycles. The number of nitrogens with zero attached hydrogens (tertiary/aromatic N) is 1. The first-order valence-corrected chi connectivity index (χ1v) is 12.8. The van der Waals surface area contributed by atoms with E-state index in [1.807, 2.05) is 0 Å². The zero-order valence-corrected chi connectivity index (χ0v) is 21.5. The number of fused-ring (bicyclic) bond motifs is 6. The summed E-state index contributed by atoms with van der Waals surface area (Å²) in [6.07, 6.45) is 2.19. The number of benzene rings is 4. The molecule has 4 aromatic carbocycles. The Balaban J connectivity index is 1.56. The summed E-state index contributed by atoms with van der Waals surface area (Å²) < 4.78 is 15.8. The van der Waals surface area contributed by atoms with Crippen molar-refractivity contribution in [2.24, 2.45) is 7.05 Å². The lowest BCUT2D eigenvalue weighted by Crippen LogP contribution is -2.54. The topological polar surface area (TPSA) is 26.2 Å². The maximum absolute atomic E-state index is 6.92. The minimum absolute atomic E-state index is 0.0693. The Morgan fingerprint density at radius 1 is 0.730 bits per heavy atom. The van der Waals surface area contributed by atoms with Gasteiger partial charge in [0.15, 0.2) is 17.5 Å². The van der Waals surface area contributed by atoms with Crippen molar-refractivity contribution in [1.29, 1.82) is 0 Å². The Labute approximate surface area is 217 Å². The largest absolute Gasteiger partial charge is 0.465 e. The van der Waals surface area contributed by atoms with Crippen LogP contribution in [0.25, 0.3) is 33.0 Å². The summed E-state index contributed by atoms with van der Waals surface area (Å²) in [4.78, 5) is 0. The molecule has 0 saturated carbocycles. The van der Waals surface area contributed by atoms with Gasteiger partial charge in [-0.1, -0.05) is 72.2 Å². The van der Waals surface area contributed by atoms with E-state index in [1.165, 1.54) is 32.9 Å². The third-order valence-corrected chi connectivity index (χ3v) is 7.87. The van der Waals surface area contributed by atoms with Gasteiger partial charge < -0.3 is 9.15 Å². The molecule has 0 fully saturated rings. The van der Waals surface area contributed by atoms with Crippen molar-refractivity contribution in [1.82, 2.24) is 0 Å². The van der Waals surface area contributed by atoms with Gasteiger partial charge in [-0.3, -0.25) is 0 Å². The van der Waals surface area contributed by atoms with Crippen LogP contribution >= 0.6 is 0 Å². The molecule has 7 rings (SSSR count). The molecule has 0 amide bonds. The predicted octanol–water partition coefficient (Wildman–Crippen LogP) is 5.62. The van der Waals surface area contributed by atoms with Gasteiger partial charge in [-0.15, -0.1) is 0 Å². The smallest absolute Gasteiger partial charge is 0.297 e. The molecular formula is C33H27BNO2+. The first-order chi connectivity index (χ1) is 18.0. The summed E-state index contributed by atoms with van der Waals surface area (Å²) in [5.74, 6) is 1.71. The monoisotopic (exact) mass is 480 g/mol. The molecule has 0 saturated heterocycles. The van der Waals surface area contributed by atoms with Crippen LogP contribution in [0.4, 0.5) is 0 Å². The molecule has 3 heterocycles. The number of hydrogen-bond acceptors (Lipinski definition) is 2. The van der Waals surface area contributed by atoms with E-state index in [9.17, 15) is 0 Å². The van der Waals surface area contributed by atoms with Gasteiger partial charge in [-0.25, -0.2) is 4.57 Å². The molecule has 6 aromatic rings. The van der Waals surface area contributed by atoms with Crippen molar-refractivity contribution >= 4 is 45.0 Å². The normalized spacial score (nSPS) is 12.5. The van der Waals surface area contributed by atoms with Gasteiger partial charge in [-0.05, 0) is 60.3 Å². The lowest BCUT2D eigenvalue weighted by molar-refractivity contribution is -0.660. The average molecular weight is 480 g/mol. The number of aromatic nitrogens is 1. The second kappa shape index (κ2) is 8.11. The Hall–Kier alpha value is -4.31. The molecular weight excluding hydrogens is 453 g/mol. The van der Waals surface area contributed by atoms with Crippen LogP contribution in [0.2, 0.25) is 0 Å². The number of aryl methyl sites for hydroxylation is 4. The van der Waals surface area contributed by atoms with Crippen molar-refractivity contribution in [3.05, 3.63) is 108 Å². The molecule has 3 nitrogen and oxygen atoms in total. The fraction of sp³-hybridized carbons (Fsp3) is 0.121. The zero-order valence-electron chi connectivity index (χ0n) is 21.5. The van der Waals surface area contributed by atoms with Gasteiger partial charge in [-0.2, -0.15) is 0 Å². The molecule has 0 radical (unpaired) electrons. The first-order valence-electron chi connectivity index (χ1n) is 12.8. The van der Waals surface area contributed by atoms with Crippen LogP contribution in [0.1, 0.15) is 16.7 Å². The van der Waals surface area contributed by atoms with Crippen LogP contribution in [-0.4, -0.2) is 6.71 Å². The van der Waals surface area contributed by atoms with Gasteiger partial charge in [0.05, 0.1) is 10.9 Å². The molecule has 4 heteroatoms. The van der Waals surface area contributed by atoms with Crippen molar-refractivity contribution in [3.63, 3.8) is 0 Å². The number of ether oxygens (including phenoxy) is 1. The molecule has 37 heavy (non-hydrogen) atoms. The predicted molar refractivity (Wildman–Crippen MR) is 152 cm³/mol. The highest BCUT2D eigenvalue weighted by atomic mass is 16.5. The summed E-state index contributed by atoms with van der Waals surface area (Å²) in [6.45, 7) is 6.40. The summed E-state index contributed by atoms with van der Waals surface area (Å²) in [5.41, 5.74) is 10.0. The highest BCUT2D eigenvalue weighted by molar-refractivity contribution is 6.97. The molecule has 1 aliphatic rings. The molecule has 0 bridgehead atoms.